The average molecular weight is 750 g/mol. The number of alkyl halides is 6. The molecule has 6 aromatic rings. The van der Waals surface area contributed by atoms with Gasteiger partial charge in [0, 0.05) is 18.2 Å². The van der Waals surface area contributed by atoms with Gasteiger partial charge in [-0.25, -0.2) is 0 Å². The molecule has 0 aliphatic rings. The van der Waals surface area contributed by atoms with Gasteiger partial charge in [0.05, 0.1) is 17.1 Å². The molecule has 0 heterocycles. The van der Waals surface area contributed by atoms with Gasteiger partial charge in [0.1, 0.15) is 51.7 Å². The summed E-state index contributed by atoms with van der Waals surface area (Å²) < 4.78 is 110. The Morgan fingerprint density at radius 3 is 1.13 bits per heavy atom. The largest absolute Gasteiger partial charge is 0.506 e. The van der Waals surface area contributed by atoms with Crippen molar-refractivity contribution in [1.29, 1.82) is 0 Å². The summed E-state index contributed by atoms with van der Waals surface area (Å²) in [5.41, 5.74) is 9.55. The van der Waals surface area contributed by atoms with Crippen LogP contribution >= 0.6 is 0 Å². The van der Waals surface area contributed by atoms with Crippen LogP contribution in [0.2, 0.25) is 0 Å². The van der Waals surface area contributed by atoms with Crippen molar-refractivity contribution in [2.75, 3.05) is 17.2 Å². The van der Waals surface area contributed by atoms with Crippen molar-refractivity contribution in [2.24, 2.45) is 0 Å². The van der Waals surface area contributed by atoms with Gasteiger partial charge in [-0.1, -0.05) is 30.3 Å². The van der Waals surface area contributed by atoms with Gasteiger partial charge in [0.25, 0.3) is 0 Å². The molecule has 278 valence electrons. The minimum Gasteiger partial charge on any atom is -0.506 e. The second-order valence-corrected chi connectivity index (χ2v) is 12.0. The number of nitrogens with two attached hydrogens (primary N) is 3. The number of rotatable bonds is 9. The predicted molar refractivity (Wildman–Crippen MR) is 189 cm³/mol. The van der Waals surface area contributed by atoms with Gasteiger partial charge in [-0.05, 0) is 95.1 Å². The van der Waals surface area contributed by atoms with Crippen LogP contribution in [0.25, 0.3) is 11.1 Å². The van der Waals surface area contributed by atoms with Crippen molar-refractivity contribution in [3.05, 3.63) is 132 Å². The maximum Gasteiger partial charge on any atom is 0.411 e. The van der Waals surface area contributed by atoms with Crippen molar-refractivity contribution in [3.8, 4) is 62.9 Å². The topological polar surface area (TPSA) is 166 Å². The first-order chi connectivity index (χ1) is 25.5. The second-order valence-electron chi connectivity index (χ2n) is 12.0. The molecular weight excluding hydrogens is 720 g/mol. The molecule has 0 aliphatic heterocycles. The highest BCUT2D eigenvalue weighted by Gasteiger charge is 2.73. The Balaban J connectivity index is 1.49. The lowest BCUT2D eigenvalue weighted by molar-refractivity contribution is -0.288. The van der Waals surface area contributed by atoms with E-state index in [0.29, 0.717) is 18.2 Å². The van der Waals surface area contributed by atoms with Crippen LogP contribution in [-0.2, 0) is 5.41 Å². The van der Waals surface area contributed by atoms with E-state index in [-0.39, 0.29) is 74.4 Å². The predicted octanol–water partition coefficient (Wildman–Crippen LogP) is 10.0. The van der Waals surface area contributed by atoms with E-state index in [0.717, 1.165) is 24.3 Å². The quantitative estimate of drug-likeness (QED) is 0.0479. The van der Waals surface area contributed by atoms with Crippen molar-refractivity contribution >= 4 is 17.1 Å². The third-order valence-corrected chi connectivity index (χ3v) is 8.40. The first kappa shape index (κ1) is 36.9. The van der Waals surface area contributed by atoms with Crippen LogP contribution in [0.5, 0.6) is 51.7 Å². The van der Waals surface area contributed by atoms with E-state index < -0.39 is 34.5 Å². The molecule has 0 saturated carbocycles. The first-order valence-electron chi connectivity index (χ1n) is 15.7. The van der Waals surface area contributed by atoms with Gasteiger partial charge in [-0.2, -0.15) is 26.3 Å². The molecule has 0 atom stereocenters. The molecule has 6 aromatic carbocycles. The Bertz CT molecular complexity index is 2300. The summed E-state index contributed by atoms with van der Waals surface area (Å²) in [5, 5.41) is 29.2. The van der Waals surface area contributed by atoms with Crippen molar-refractivity contribution in [1.82, 2.24) is 0 Å². The molecule has 9 N–H and O–H groups in total. The van der Waals surface area contributed by atoms with Crippen molar-refractivity contribution in [2.45, 2.75) is 17.8 Å². The number of anilines is 3. The zero-order valence-corrected chi connectivity index (χ0v) is 27.6. The number of phenols is 3. The Morgan fingerprint density at radius 1 is 0.407 bits per heavy atom. The zero-order chi connectivity index (χ0) is 39.0. The van der Waals surface area contributed by atoms with Crippen LogP contribution in [-0.4, -0.2) is 27.7 Å². The lowest BCUT2D eigenvalue weighted by atomic mass is 9.70. The fraction of sp³-hybridized carbons (Fsp3) is 0.0769. The highest BCUT2D eigenvalue weighted by Crippen LogP contribution is 2.58. The molecule has 0 fully saturated rings. The highest BCUT2D eigenvalue weighted by molar-refractivity contribution is 5.74. The van der Waals surface area contributed by atoms with Gasteiger partial charge in [0.15, 0.2) is 0 Å². The summed E-state index contributed by atoms with van der Waals surface area (Å²) in [7, 11) is 0. The fourth-order valence-electron chi connectivity index (χ4n) is 5.77. The fourth-order valence-corrected chi connectivity index (χ4v) is 5.77. The Labute approximate surface area is 303 Å². The van der Waals surface area contributed by atoms with Gasteiger partial charge < -0.3 is 46.7 Å². The molecule has 0 radical (unpaired) electrons. The summed E-state index contributed by atoms with van der Waals surface area (Å²) in [6.07, 6.45) is -11.9. The lowest BCUT2D eigenvalue weighted by Crippen LogP contribution is -2.55. The maximum atomic E-state index is 15.5. The van der Waals surface area contributed by atoms with Crippen LogP contribution in [0.1, 0.15) is 11.1 Å². The van der Waals surface area contributed by atoms with E-state index in [2.05, 4.69) is 0 Å². The average Bonchev–Trinajstić information content (AvgIpc) is 3.10. The van der Waals surface area contributed by atoms with E-state index in [1.54, 1.807) is 0 Å². The number of hydrogen-bond donors (Lipinski definition) is 6. The molecule has 15 heteroatoms. The third kappa shape index (κ3) is 7.11. The number of halogens is 6. The maximum absolute atomic E-state index is 15.5. The smallest absolute Gasteiger partial charge is 0.411 e. The van der Waals surface area contributed by atoms with Crippen LogP contribution in [0.15, 0.2) is 121 Å². The van der Waals surface area contributed by atoms with Gasteiger partial charge >= 0.3 is 12.4 Å². The Morgan fingerprint density at radius 2 is 0.741 bits per heavy atom. The molecule has 54 heavy (non-hydrogen) atoms. The Kier molecular flexibility index (Phi) is 9.50. The summed E-state index contributed by atoms with van der Waals surface area (Å²) >= 11 is 0. The van der Waals surface area contributed by atoms with E-state index >= 15 is 26.3 Å². The van der Waals surface area contributed by atoms with Gasteiger partial charge in [0.2, 0.25) is 5.41 Å². The summed E-state index contributed by atoms with van der Waals surface area (Å²) in [6, 6.07) is 22.7. The van der Waals surface area contributed by atoms with E-state index in [4.69, 9.17) is 31.4 Å². The van der Waals surface area contributed by atoms with Crippen molar-refractivity contribution in [3.63, 3.8) is 0 Å². The molecule has 0 amide bonds. The van der Waals surface area contributed by atoms with Crippen LogP contribution in [0.3, 0.4) is 0 Å². The molecular formula is C39H29F6N3O6. The normalized spacial score (nSPS) is 12.0. The van der Waals surface area contributed by atoms with Crippen LogP contribution < -0.4 is 31.4 Å². The zero-order valence-electron chi connectivity index (χ0n) is 27.6. The molecule has 0 unspecified atom stereocenters. The van der Waals surface area contributed by atoms with E-state index in [1.165, 1.54) is 78.9 Å². The monoisotopic (exact) mass is 749 g/mol. The second kappa shape index (κ2) is 13.9. The number of hydrogen-bond acceptors (Lipinski definition) is 9. The molecule has 0 saturated heterocycles. The van der Waals surface area contributed by atoms with Gasteiger partial charge in [-0.15, -0.1) is 0 Å². The number of aromatic hydroxyl groups is 3. The minimum absolute atomic E-state index is 0.0150. The van der Waals surface area contributed by atoms with E-state index in [1.807, 2.05) is 0 Å². The van der Waals surface area contributed by atoms with Crippen molar-refractivity contribution < 1.29 is 55.9 Å². The van der Waals surface area contributed by atoms with Gasteiger partial charge in [-0.3, -0.25) is 0 Å². The Hall–Kier alpha value is -6.90. The number of benzene rings is 6. The third-order valence-electron chi connectivity index (χ3n) is 8.40. The first-order valence-corrected chi connectivity index (χ1v) is 15.7. The molecule has 0 aromatic heterocycles. The van der Waals surface area contributed by atoms with E-state index in [9.17, 15) is 15.3 Å². The summed E-state index contributed by atoms with van der Waals surface area (Å²) in [6.45, 7) is 0. The molecule has 9 nitrogen and oxygen atoms in total. The molecule has 0 spiro atoms. The van der Waals surface area contributed by atoms with Crippen LogP contribution in [0.4, 0.5) is 43.4 Å². The number of ether oxygens (including phenoxy) is 3. The summed E-state index contributed by atoms with van der Waals surface area (Å²) in [4.78, 5) is 0. The molecule has 0 bridgehead atoms. The number of phenolic OH excluding ortho intramolecular Hbond substituents is 3. The number of nitrogen functional groups attached to an aromatic ring is 3. The SMILES string of the molecule is Nc1cc(Oc2ccc(-c3cc(Oc4ccc(O)c(N)c4)ccc3C(c3ccc(Oc4ccc(O)c(N)c4)cc3)(C(F)(F)F)C(F)(F)F)cc2)ccc1O. The lowest BCUT2D eigenvalue weighted by Gasteiger charge is -2.39. The molecule has 6 rings (SSSR count). The summed E-state index contributed by atoms with van der Waals surface area (Å²) in [5.74, 6) is -0.473. The molecule has 0 aliphatic carbocycles. The standard InChI is InChI=1S/C39H29F6N3O6/c40-38(41,42)37(39(43,44)45,22-3-7-24(8-4-22)53-27-11-15-35(50)32(47)19-27)30-13-9-25(54-28-12-16-36(51)33(48)20-28)17-29(30)21-1-5-23(6-2-21)52-26-10-14-34(49)31(46)18-26/h1-20,49-51H,46-48H2. The van der Waals surface area contributed by atoms with Crippen LogP contribution in [0, 0.1) is 0 Å². The highest BCUT2D eigenvalue weighted by atomic mass is 19.4. The minimum atomic E-state index is -5.95.